The number of rotatable bonds is 0. The molecule has 0 saturated heterocycles. The van der Waals surface area contributed by atoms with Crippen molar-refractivity contribution in [3.63, 3.8) is 0 Å². The second-order valence-corrected chi connectivity index (χ2v) is 0.903. The van der Waals surface area contributed by atoms with Crippen molar-refractivity contribution < 1.29 is 24.6 Å². The molecule has 0 fully saturated rings. The van der Waals surface area contributed by atoms with Crippen molar-refractivity contribution in [2.24, 2.45) is 0 Å². The lowest BCUT2D eigenvalue weighted by atomic mass is 11.2. The standard InChI is InChI=1S/C2H2O.HO3P.H2O/c1-2-3;1-4(2)3;/h1H2;(H-,1,2,3);1H2/p+1. The Labute approximate surface area is 46.5 Å². The lowest BCUT2D eigenvalue weighted by Crippen LogP contribution is -1.38. The summed E-state index contributed by atoms with van der Waals surface area (Å²) in [5.74, 6) is 1.25. The third kappa shape index (κ3) is 328. The zero-order chi connectivity index (χ0) is 6.28. The molecule has 0 atom stereocenters. The molecule has 0 radical (unpaired) electrons. The van der Waals surface area contributed by atoms with Gasteiger partial charge in [0.25, 0.3) is 0 Å². The first-order valence-corrected chi connectivity index (χ1v) is 2.31. The van der Waals surface area contributed by atoms with Crippen LogP contribution in [0.25, 0.3) is 0 Å². The zero-order valence-corrected chi connectivity index (χ0v) is 4.76. The molecule has 0 aromatic carbocycles. The van der Waals surface area contributed by atoms with Gasteiger partial charge in [0.2, 0.25) is 0 Å². The lowest BCUT2D eigenvalue weighted by molar-refractivity contribution is 0.405. The minimum absolute atomic E-state index is 0. The molecule has 0 aromatic heterocycles. The second kappa shape index (κ2) is 16.1. The summed E-state index contributed by atoms with van der Waals surface area (Å²) >= 11 is 0. The molecule has 0 aromatic rings. The second-order valence-electron chi connectivity index (χ2n) is 0.397. The van der Waals surface area contributed by atoms with E-state index in [4.69, 9.17) is 19.1 Å². The Balaban J connectivity index is -0.0000000575. The van der Waals surface area contributed by atoms with Gasteiger partial charge in [0, 0.05) is 4.57 Å². The van der Waals surface area contributed by atoms with E-state index in [0.717, 1.165) is 0 Å². The van der Waals surface area contributed by atoms with Crippen LogP contribution in [0.15, 0.2) is 6.58 Å². The van der Waals surface area contributed by atoms with Gasteiger partial charge in [0.05, 0.1) is 0 Å². The molecule has 4 N–H and O–H groups in total. The van der Waals surface area contributed by atoms with Crippen molar-refractivity contribution in [2.45, 2.75) is 0 Å². The van der Waals surface area contributed by atoms with E-state index in [0.29, 0.717) is 0 Å². The Morgan fingerprint density at radius 1 is 1.50 bits per heavy atom. The average Bonchev–Trinajstić information content (AvgIpc) is 1.33. The van der Waals surface area contributed by atoms with Crippen molar-refractivity contribution in [1.29, 1.82) is 0 Å². The minimum atomic E-state index is -2.87. The molecule has 0 aliphatic rings. The first kappa shape index (κ1) is 15.7. The van der Waals surface area contributed by atoms with E-state index in [1.165, 1.54) is 5.94 Å². The molecule has 0 heterocycles. The van der Waals surface area contributed by atoms with Crippen molar-refractivity contribution in [1.82, 2.24) is 0 Å². The molecule has 8 heavy (non-hydrogen) atoms. The van der Waals surface area contributed by atoms with Crippen LogP contribution in [0.5, 0.6) is 0 Å². The van der Waals surface area contributed by atoms with Crippen LogP contribution in [-0.2, 0) is 9.36 Å². The van der Waals surface area contributed by atoms with Crippen LogP contribution in [0.3, 0.4) is 0 Å². The summed E-state index contributed by atoms with van der Waals surface area (Å²) in [5, 5.41) is 0. The molecular formula is C2H6O5P+. The van der Waals surface area contributed by atoms with Crippen LogP contribution in [0.1, 0.15) is 0 Å². The molecule has 48 valence electrons. The topological polar surface area (TPSA) is 106 Å². The molecule has 5 nitrogen and oxygen atoms in total. The summed E-state index contributed by atoms with van der Waals surface area (Å²) in [6.07, 6.45) is 0. The lowest BCUT2D eigenvalue weighted by Gasteiger charge is -1.34. The molecule has 0 amide bonds. The molecule has 0 unspecified atom stereocenters. The van der Waals surface area contributed by atoms with Crippen LogP contribution in [-0.4, -0.2) is 21.2 Å². The van der Waals surface area contributed by atoms with Crippen LogP contribution in [0, 0.1) is 0 Å². The molecular weight excluding hydrogens is 135 g/mol. The van der Waals surface area contributed by atoms with Crippen LogP contribution in [0.4, 0.5) is 0 Å². The molecule has 0 rings (SSSR count). The van der Waals surface area contributed by atoms with Crippen molar-refractivity contribution >= 4 is 14.2 Å². The van der Waals surface area contributed by atoms with Crippen molar-refractivity contribution in [2.75, 3.05) is 0 Å². The maximum Gasteiger partial charge on any atom is 0.692 e. The summed E-state index contributed by atoms with van der Waals surface area (Å²) < 4.78 is 8.70. The van der Waals surface area contributed by atoms with Gasteiger partial charge in [0.1, 0.15) is 5.94 Å². The number of hydrogen-bond donors (Lipinski definition) is 2. The van der Waals surface area contributed by atoms with Crippen LogP contribution >= 0.6 is 8.25 Å². The van der Waals surface area contributed by atoms with Gasteiger partial charge in [-0.05, 0) is 6.58 Å². The molecule has 0 aliphatic heterocycles. The van der Waals surface area contributed by atoms with Gasteiger partial charge in [-0.25, -0.2) is 4.79 Å². The van der Waals surface area contributed by atoms with E-state index in [9.17, 15) is 0 Å². The maximum absolute atomic E-state index is 8.70. The van der Waals surface area contributed by atoms with Crippen LogP contribution in [0.2, 0.25) is 0 Å². The molecule has 6 heteroatoms. The SMILES string of the molecule is C=C=O.O.O=[P+](O)O. The predicted octanol–water partition coefficient (Wildman–Crippen LogP) is -1.19. The Hall–Kier alpha value is -0.570. The average molecular weight is 141 g/mol. The van der Waals surface area contributed by atoms with Crippen molar-refractivity contribution in [3.8, 4) is 0 Å². The summed E-state index contributed by atoms with van der Waals surface area (Å²) in [5.41, 5.74) is 0. The quantitative estimate of drug-likeness (QED) is 0.326. The van der Waals surface area contributed by atoms with E-state index < -0.39 is 8.25 Å². The highest BCUT2D eigenvalue weighted by atomic mass is 31.1. The Bertz CT molecular complexity index is 78.4. The summed E-state index contributed by atoms with van der Waals surface area (Å²) in [6, 6.07) is 0. The van der Waals surface area contributed by atoms with E-state index >= 15 is 0 Å². The third-order valence-electron chi connectivity index (χ3n) is 0. The van der Waals surface area contributed by atoms with Gasteiger partial charge in [0.15, 0.2) is 0 Å². The summed E-state index contributed by atoms with van der Waals surface area (Å²) in [6.45, 7) is 2.68. The fourth-order valence-corrected chi connectivity index (χ4v) is 0. The predicted molar refractivity (Wildman–Crippen MR) is 27.0 cm³/mol. The highest BCUT2D eigenvalue weighted by Crippen LogP contribution is 1.98. The summed E-state index contributed by atoms with van der Waals surface area (Å²) in [4.78, 5) is 22.8. The highest BCUT2D eigenvalue weighted by Gasteiger charge is 1.93. The monoisotopic (exact) mass is 141 g/mol. The first-order chi connectivity index (χ1) is 3.15. The van der Waals surface area contributed by atoms with Crippen LogP contribution < -0.4 is 0 Å². The maximum atomic E-state index is 8.70. The fourth-order valence-electron chi connectivity index (χ4n) is 0. The fraction of sp³-hybridized carbons (Fsp3) is 0. The van der Waals surface area contributed by atoms with Gasteiger partial charge in [-0.2, -0.15) is 0 Å². The highest BCUT2D eigenvalue weighted by molar-refractivity contribution is 7.30. The van der Waals surface area contributed by atoms with Gasteiger partial charge < -0.3 is 5.48 Å². The molecule has 0 spiro atoms. The zero-order valence-electron chi connectivity index (χ0n) is 3.87. The normalized spacial score (nSPS) is 4.25. The molecule has 0 aliphatic carbocycles. The largest absolute Gasteiger partial charge is 0.692 e. The Morgan fingerprint density at radius 3 is 1.50 bits per heavy atom. The minimum Gasteiger partial charge on any atom is -0.412 e. The van der Waals surface area contributed by atoms with E-state index in [1.54, 1.807) is 0 Å². The molecule has 0 saturated carbocycles. The van der Waals surface area contributed by atoms with Gasteiger partial charge in [-0.3, -0.25) is 0 Å². The first-order valence-electron chi connectivity index (χ1n) is 1.14. The van der Waals surface area contributed by atoms with E-state index in [-0.39, 0.29) is 5.48 Å². The third-order valence-corrected chi connectivity index (χ3v) is 0. The Kier molecular flexibility index (Phi) is 31.5. The van der Waals surface area contributed by atoms with Gasteiger partial charge in [-0.15, -0.1) is 9.79 Å². The van der Waals surface area contributed by atoms with Crippen molar-refractivity contribution in [3.05, 3.63) is 6.58 Å². The van der Waals surface area contributed by atoms with E-state index in [1.807, 2.05) is 0 Å². The van der Waals surface area contributed by atoms with Gasteiger partial charge in [-0.1, -0.05) is 0 Å². The smallest absolute Gasteiger partial charge is 0.412 e. The van der Waals surface area contributed by atoms with E-state index in [2.05, 4.69) is 6.58 Å². The number of carbonyl (C=O) groups excluding carboxylic acids is 1. The summed E-state index contributed by atoms with van der Waals surface area (Å²) in [7, 11) is -2.87. The number of hydrogen-bond acceptors (Lipinski definition) is 2. The Morgan fingerprint density at radius 2 is 1.50 bits per heavy atom. The van der Waals surface area contributed by atoms with Gasteiger partial charge >= 0.3 is 8.25 Å². The molecule has 0 bridgehead atoms.